The van der Waals surface area contributed by atoms with Crippen LogP contribution in [0.2, 0.25) is 0 Å². The topological polar surface area (TPSA) is 130 Å². The lowest BCUT2D eigenvalue weighted by molar-refractivity contribution is -0.384. The van der Waals surface area contributed by atoms with E-state index in [0.29, 0.717) is 5.56 Å². The number of aliphatic hydroxyl groups is 2. The molecule has 1 heterocycles. The number of hydrogen-bond acceptors (Lipinski definition) is 7. The molecule has 9 heteroatoms. The molecule has 1 saturated heterocycles. The molecule has 0 unspecified atom stereocenters. The van der Waals surface area contributed by atoms with Gasteiger partial charge in [0.25, 0.3) is 17.4 Å². The highest BCUT2D eigenvalue weighted by Crippen LogP contribution is 2.39. The van der Waals surface area contributed by atoms with E-state index in [2.05, 4.69) is 0 Å². The maximum Gasteiger partial charge on any atom is 0.295 e. The number of ketones is 1. The number of non-ortho nitro benzene ring substituents is 1. The third kappa shape index (κ3) is 4.62. The zero-order chi connectivity index (χ0) is 22.5. The molecule has 1 amide bonds. The van der Waals surface area contributed by atoms with Gasteiger partial charge in [-0.2, -0.15) is 0 Å². The number of nitro groups is 1. The molecule has 2 aromatic rings. The van der Waals surface area contributed by atoms with Gasteiger partial charge >= 0.3 is 0 Å². The Hall–Kier alpha value is -3.56. The van der Waals surface area contributed by atoms with E-state index >= 15 is 0 Å². The number of amides is 1. The quantitative estimate of drug-likeness (QED) is 0.165. The van der Waals surface area contributed by atoms with Crippen LogP contribution in [0.4, 0.5) is 5.69 Å². The maximum absolute atomic E-state index is 12.8. The maximum atomic E-state index is 12.8. The summed E-state index contributed by atoms with van der Waals surface area (Å²) in [5, 5.41) is 30.6. The van der Waals surface area contributed by atoms with Crippen molar-refractivity contribution in [3.05, 3.63) is 80.9 Å². The number of hydrogen-bond donors (Lipinski definition) is 2. The molecular formula is C22H22N2O7. The molecular weight excluding hydrogens is 404 g/mol. The molecule has 0 saturated carbocycles. The van der Waals surface area contributed by atoms with Crippen LogP contribution in [0, 0.1) is 17.0 Å². The second-order valence-corrected chi connectivity index (χ2v) is 7.04. The van der Waals surface area contributed by atoms with E-state index in [1.165, 1.54) is 29.2 Å². The third-order valence-corrected chi connectivity index (χ3v) is 5.00. The lowest BCUT2D eigenvalue weighted by Crippen LogP contribution is -2.33. The highest BCUT2D eigenvalue weighted by atomic mass is 16.6. The summed E-state index contributed by atoms with van der Waals surface area (Å²) >= 11 is 0. The summed E-state index contributed by atoms with van der Waals surface area (Å²) in [6.07, 6.45) is 0. The fourth-order valence-corrected chi connectivity index (χ4v) is 3.43. The van der Waals surface area contributed by atoms with Crippen molar-refractivity contribution in [2.45, 2.75) is 13.0 Å². The van der Waals surface area contributed by atoms with Crippen molar-refractivity contribution in [2.24, 2.45) is 0 Å². The molecule has 9 nitrogen and oxygen atoms in total. The van der Waals surface area contributed by atoms with Gasteiger partial charge in [-0.1, -0.05) is 29.8 Å². The predicted octanol–water partition coefficient (Wildman–Crippen LogP) is 2.33. The van der Waals surface area contributed by atoms with Gasteiger partial charge in [-0.3, -0.25) is 19.7 Å². The number of nitro benzene ring substituents is 1. The molecule has 0 aliphatic carbocycles. The second-order valence-electron chi connectivity index (χ2n) is 7.04. The molecule has 1 aliphatic heterocycles. The van der Waals surface area contributed by atoms with Gasteiger partial charge in [0.2, 0.25) is 0 Å². The van der Waals surface area contributed by atoms with Crippen molar-refractivity contribution >= 4 is 23.1 Å². The molecule has 0 bridgehead atoms. The summed E-state index contributed by atoms with van der Waals surface area (Å²) in [6.45, 7) is 2.02. The Morgan fingerprint density at radius 2 is 1.74 bits per heavy atom. The Labute approximate surface area is 178 Å². The van der Waals surface area contributed by atoms with Gasteiger partial charge in [-0.15, -0.1) is 0 Å². The molecule has 162 valence electrons. The SMILES string of the molecule is Cc1ccc([C@@H]2/C(=C(\O)c3ccc([N+](=O)[O-])cc3)C(=O)C(=O)N2CCOCCO)cc1. The van der Waals surface area contributed by atoms with Crippen molar-refractivity contribution in [2.75, 3.05) is 26.4 Å². The van der Waals surface area contributed by atoms with Gasteiger partial charge in [0, 0.05) is 24.2 Å². The number of benzene rings is 2. The molecule has 3 rings (SSSR count). The van der Waals surface area contributed by atoms with Crippen molar-refractivity contribution in [1.82, 2.24) is 4.90 Å². The minimum atomic E-state index is -0.844. The number of likely N-dealkylation sites (tertiary alicyclic amines) is 1. The van der Waals surface area contributed by atoms with Crippen molar-refractivity contribution < 1.29 is 29.5 Å². The molecule has 0 radical (unpaired) electrons. The Morgan fingerprint density at radius 3 is 2.32 bits per heavy atom. The number of carbonyl (C=O) groups is 2. The molecule has 1 fully saturated rings. The largest absolute Gasteiger partial charge is 0.507 e. The Balaban J connectivity index is 2.05. The molecule has 2 aromatic carbocycles. The minimum Gasteiger partial charge on any atom is -0.507 e. The molecule has 1 aliphatic rings. The zero-order valence-electron chi connectivity index (χ0n) is 16.9. The van der Waals surface area contributed by atoms with Crippen LogP contribution in [0.15, 0.2) is 54.1 Å². The zero-order valence-corrected chi connectivity index (χ0v) is 16.9. The predicted molar refractivity (Wildman–Crippen MR) is 111 cm³/mol. The average Bonchev–Trinajstić information content (AvgIpc) is 3.01. The van der Waals surface area contributed by atoms with Crippen LogP contribution in [-0.2, 0) is 14.3 Å². The van der Waals surface area contributed by atoms with Crippen LogP contribution in [0.5, 0.6) is 0 Å². The van der Waals surface area contributed by atoms with Gasteiger partial charge in [0.05, 0.1) is 36.4 Å². The van der Waals surface area contributed by atoms with Crippen LogP contribution in [0.3, 0.4) is 0 Å². The van der Waals surface area contributed by atoms with Crippen molar-refractivity contribution in [3.8, 4) is 0 Å². The highest BCUT2D eigenvalue weighted by molar-refractivity contribution is 6.46. The highest BCUT2D eigenvalue weighted by Gasteiger charge is 2.45. The van der Waals surface area contributed by atoms with Gasteiger partial charge in [-0.25, -0.2) is 0 Å². The molecule has 31 heavy (non-hydrogen) atoms. The Morgan fingerprint density at radius 1 is 1.10 bits per heavy atom. The number of aryl methyl sites for hydroxylation is 1. The van der Waals surface area contributed by atoms with Crippen LogP contribution < -0.4 is 0 Å². The van der Waals surface area contributed by atoms with Crippen LogP contribution in [0.25, 0.3) is 5.76 Å². The minimum absolute atomic E-state index is 0.0835. The van der Waals surface area contributed by atoms with E-state index in [-0.39, 0.29) is 43.2 Å². The van der Waals surface area contributed by atoms with E-state index in [0.717, 1.165) is 5.56 Å². The van der Waals surface area contributed by atoms with E-state index in [1.54, 1.807) is 12.1 Å². The lowest BCUT2D eigenvalue weighted by Gasteiger charge is -2.25. The first-order valence-corrected chi connectivity index (χ1v) is 9.63. The number of rotatable bonds is 8. The number of ether oxygens (including phenoxy) is 1. The molecule has 0 spiro atoms. The van der Waals surface area contributed by atoms with E-state index in [1.807, 2.05) is 19.1 Å². The summed E-state index contributed by atoms with van der Waals surface area (Å²) in [5.74, 6) is -2.03. The number of nitrogens with zero attached hydrogens (tertiary/aromatic N) is 2. The summed E-state index contributed by atoms with van der Waals surface area (Å²) in [5.41, 5.74) is 1.56. The number of carbonyl (C=O) groups excluding carboxylic acids is 2. The summed E-state index contributed by atoms with van der Waals surface area (Å²) in [6, 6.07) is 11.5. The average molecular weight is 426 g/mol. The normalized spacial score (nSPS) is 17.9. The number of Topliss-reactive ketones (excluding diaryl/α,β-unsaturated/α-hetero) is 1. The van der Waals surface area contributed by atoms with Crippen LogP contribution >= 0.6 is 0 Å². The van der Waals surface area contributed by atoms with E-state index in [4.69, 9.17) is 9.84 Å². The van der Waals surface area contributed by atoms with Gasteiger partial charge in [-0.05, 0) is 24.6 Å². The van der Waals surface area contributed by atoms with Gasteiger partial charge < -0.3 is 19.8 Å². The van der Waals surface area contributed by atoms with Crippen molar-refractivity contribution in [1.29, 1.82) is 0 Å². The molecule has 1 atom stereocenters. The lowest BCUT2D eigenvalue weighted by atomic mass is 9.94. The fourth-order valence-electron chi connectivity index (χ4n) is 3.43. The Kier molecular flexibility index (Phi) is 6.78. The third-order valence-electron chi connectivity index (χ3n) is 5.00. The van der Waals surface area contributed by atoms with Gasteiger partial charge in [0.1, 0.15) is 5.76 Å². The fraction of sp³-hybridized carbons (Fsp3) is 0.273. The van der Waals surface area contributed by atoms with Crippen LogP contribution in [0.1, 0.15) is 22.7 Å². The first kappa shape index (κ1) is 22.1. The van der Waals surface area contributed by atoms with Crippen molar-refractivity contribution in [3.63, 3.8) is 0 Å². The number of aliphatic hydroxyl groups excluding tert-OH is 2. The Bertz CT molecular complexity index is 1010. The van der Waals surface area contributed by atoms with Gasteiger partial charge in [0.15, 0.2) is 0 Å². The van der Waals surface area contributed by atoms with Crippen LogP contribution in [-0.4, -0.2) is 58.1 Å². The first-order chi connectivity index (χ1) is 14.8. The summed E-state index contributed by atoms with van der Waals surface area (Å²) < 4.78 is 5.25. The smallest absolute Gasteiger partial charge is 0.295 e. The van der Waals surface area contributed by atoms with E-state index in [9.17, 15) is 24.8 Å². The second kappa shape index (κ2) is 9.50. The summed E-state index contributed by atoms with van der Waals surface area (Å²) in [7, 11) is 0. The first-order valence-electron chi connectivity index (χ1n) is 9.63. The summed E-state index contributed by atoms with van der Waals surface area (Å²) in [4.78, 5) is 37.2. The standard InChI is InChI=1S/C22H22N2O7/c1-14-2-4-15(5-3-14)19-18(20(26)16-6-8-17(9-7-16)24(29)30)21(27)22(28)23(19)10-12-31-13-11-25/h2-9,19,25-26H,10-13H2,1H3/b20-18+/t19-/m1/s1. The van der Waals surface area contributed by atoms with E-state index < -0.39 is 28.4 Å². The molecule has 0 aromatic heterocycles. The monoisotopic (exact) mass is 426 g/mol. The molecule has 2 N–H and O–H groups in total.